The van der Waals surface area contributed by atoms with E-state index in [2.05, 4.69) is 180 Å². The molecule has 0 spiro atoms. The minimum absolute atomic E-state index is 0.358. The molecule has 63 heavy (non-hydrogen) atoms. The molecule has 10 rings (SSSR count). The van der Waals surface area contributed by atoms with Crippen LogP contribution < -0.4 is 0 Å². The second-order valence-electron chi connectivity index (χ2n) is 15.9. The van der Waals surface area contributed by atoms with Gasteiger partial charge in [-0.1, -0.05) is 128 Å². The summed E-state index contributed by atoms with van der Waals surface area (Å²) in [4.78, 5) is 0.775. The Hall–Kier alpha value is -7.38. The monoisotopic (exact) mass is 836 g/mol. The number of hydrogen-bond donors (Lipinski definition) is 0. The number of hydrogen-bond acceptors (Lipinski definition) is 2. The minimum Gasteiger partial charge on any atom is -0.308 e. The molecule has 1 unspecified atom stereocenters. The number of fused-ring (bicyclic) bond motifs is 12. The highest BCUT2D eigenvalue weighted by Crippen LogP contribution is 2.50. The van der Waals surface area contributed by atoms with Crippen molar-refractivity contribution in [2.45, 2.75) is 50.8 Å². The summed E-state index contributed by atoms with van der Waals surface area (Å²) in [6.45, 7) is 4.41. The van der Waals surface area contributed by atoms with Crippen molar-refractivity contribution < 1.29 is 4.21 Å². The van der Waals surface area contributed by atoms with E-state index < -0.39 is 10.8 Å². The van der Waals surface area contributed by atoms with Crippen LogP contribution in [0.25, 0.3) is 82.5 Å². The molecule has 0 fully saturated rings. The molecular weight excluding hydrogens is 789 g/mol. The normalized spacial score (nSPS) is 13.6. The molecule has 1 aliphatic rings. The highest BCUT2D eigenvalue weighted by molar-refractivity contribution is 7.85. The molecule has 0 saturated carbocycles. The van der Waals surface area contributed by atoms with E-state index in [0.717, 1.165) is 56.9 Å². The Bertz CT molecular complexity index is 3440. The van der Waals surface area contributed by atoms with Crippen LogP contribution >= 0.6 is 0 Å². The van der Waals surface area contributed by atoms with Gasteiger partial charge in [-0.05, 0) is 92.9 Å². The van der Waals surface area contributed by atoms with Gasteiger partial charge in [0.15, 0.2) is 0 Å². The summed E-state index contributed by atoms with van der Waals surface area (Å²) in [5.74, 6) is 0.396. The zero-order valence-electron chi connectivity index (χ0n) is 35.7. The van der Waals surface area contributed by atoms with Gasteiger partial charge in [0, 0.05) is 60.0 Å². The van der Waals surface area contributed by atoms with Crippen molar-refractivity contribution >= 4 is 81.9 Å². The van der Waals surface area contributed by atoms with Crippen LogP contribution in [0.3, 0.4) is 0 Å². The molecule has 6 aromatic carbocycles. The highest BCUT2D eigenvalue weighted by Gasteiger charge is 2.29. The van der Waals surface area contributed by atoms with Gasteiger partial charge < -0.3 is 13.7 Å². The average molecular weight is 837 g/mol. The molecule has 0 N–H and O–H groups in total. The van der Waals surface area contributed by atoms with E-state index in [4.69, 9.17) is 5.26 Å². The molecule has 6 heteroatoms. The molecule has 0 saturated heterocycles. The summed E-state index contributed by atoms with van der Waals surface area (Å²) in [5, 5.41) is 16.0. The number of para-hydroxylation sites is 3. The van der Waals surface area contributed by atoms with Crippen molar-refractivity contribution in [3.63, 3.8) is 0 Å². The number of aryl methyl sites for hydroxylation is 1. The fourth-order valence-corrected chi connectivity index (χ4v) is 10.2. The summed E-state index contributed by atoms with van der Waals surface area (Å²) in [6.07, 6.45) is 29.5. The van der Waals surface area contributed by atoms with Crippen molar-refractivity contribution in [3.8, 4) is 30.3 Å². The van der Waals surface area contributed by atoms with Gasteiger partial charge in [-0.3, -0.25) is 4.21 Å². The molecule has 3 heterocycles. The summed E-state index contributed by atoms with van der Waals surface area (Å²) in [6, 6.07) is 45.9. The standard InChI is InChI=1S/C55H46N4OS.C2H2/c1-3-4-17-39-18-16-19-40(31-28-39)57-47-23-11-8-20-44(47)50-53(57)51-45-21-9-12-24-48(45)58(41-29-26-38(2)27-30-41)54(51)52-46-22-10-13-25-49(46)59(55(50)52)42-32-34-43(35-33-42)61(60)37-15-7-5-6-14-36-56;1-2/h5-13,15-16,19-35H,3-4,14,17-18,37H2,1-2H3;1-2H/b6-5-,15-7-;. The highest BCUT2D eigenvalue weighted by atomic mass is 32.2. The fraction of sp³-hybridized carbons (Fsp3) is 0.140. The maximum absolute atomic E-state index is 13.5. The van der Waals surface area contributed by atoms with Gasteiger partial charge >= 0.3 is 0 Å². The predicted octanol–water partition coefficient (Wildman–Crippen LogP) is 14.6. The topological polar surface area (TPSA) is 55.6 Å². The van der Waals surface area contributed by atoms with Gasteiger partial charge in [0.05, 0.1) is 56.4 Å². The molecule has 1 aliphatic carbocycles. The molecule has 0 bridgehead atoms. The molecule has 308 valence electrons. The number of unbranched alkanes of at least 4 members (excludes halogenated alkanes) is 1. The van der Waals surface area contributed by atoms with Crippen molar-refractivity contribution in [2.24, 2.45) is 0 Å². The van der Waals surface area contributed by atoms with Gasteiger partial charge in [-0.15, -0.1) is 12.8 Å². The number of benzene rings is 6. The third-order valence-corrected chi connectivity index (χ3v) is 13.4. The second-order valence-corrected chi connectivity index (χ2v) is 17.4. The van der Waals surface area contributed by atoms with Gasteiger partial charge in [0.25, 0.3) is 0 Å². The Labute approximate surface area is 371 Å². The van der Waals surface area contributed by atoms with Gasteiger partial charge in [0.2, 0.25) is 0 Å². The molecule has 0 radical (unpaired) electrons. The van der Waals surface area contributed by atoms with Gasteiger partial charge in [-0.25, -0.2) is 0 Å². The smallest absolute Gasteiger partial charge is 0.0663 e. The maximum Gasteiger partial charge on any atom is 0.0663 e. The van der Waals surface area contributed by atoms with E-state index >= 15 is 0 Å². The van der Waals surface area contributed by atoms with E-state index in [0.29, 0.717) is 12.2 Å². The first-order chi connectivity index (χ1) is 31.1. The van der Waals surface area contributed by atoms with E-state index in [9.17, 15) is 4.21 Å². The Morgan fingerprint density at radius 2 is 1.17 bits per heavy atom. The Balaban J connectivity index is 0.00000249. The average Bonchev–Trinajstić information content (AvgIpc) is 3.90. The van der Waals surface area contributed by atoms with Crippen LogP contribution in [0.1, 0.15) is 44.6 Å². The van der Waals surface area contributed by atoms with Crippen LogP contribution in [0.2, 0.25) is 0 Å². The third kappa shape index (κ3) is 7.23. The van der Waals surface area contributed by atoms with Crippen molar-refractivity contribution in [1.82, 2.24) is 13.7 Å². The maximum atomic E-state index is 13.5. The Kier molecular flexibility index (Phi) is 11.7. The number of terminal acetylenes is 1. The van der Waals surface area contributed by atoms with Crippen LogP contribution in [-0.4, -0.2) is 23.7 Å². The number of nitrogens with zero attached hydrogens (tertiary/aromatic N) is 4. The Morgan fingerprint density at radius 3 is 1.73 bits per heavy atom. The first-order valence-corrected chi connectivity index (χ1v) is 22.9. The van der Waals surface area contributed by atoms with Gasteiger partial charge in [0.1, 0.15) is 0 Å². The zero-order chi connectivity index (χ0) is 43.5. The van der Waals surface area contributed by atoms with Crippen LogP contribution in [0.4, 0.5) is 0 Å². The molecule has 5 nitrogen and oxygen atoms in total. The number of nitriles is 1. The predicted molar refractivity (Wildman–Crippen MR) is 268 cm³/mol. The number of aromatic nitrogens is 3. The minimum atomic E-state index is -1.22. The van der Waals surface area contributed by atoms with Crippen molar-refractivity contribution in [2.75, 3.05) is 5.75 Å². The zero-order valence-corrected chi connectivity index (χ0v) is 36.5. The molecule has 9 aromatic rings. The van der Waals surface area contributed by atoms with Crippen molar-refractivity contribution in [3.05, 3.63) is 181 Å². The summed E-state index contributed by atoms with van der Waals surface area (Å²) in [5.41, 5.74) is 12.9. The third-order valence-electron chi connectivity index (χ3n) is 12.1. The first-order valence-electron chi connectivity index (χ1n) is 21.6. The lowest BCUT2D eigenvalue weighted by Crippen LogP contribution is -1.99. The van der Waals surface area contributed by atoms with E-state index in [1.807, 2.05) is 30.4 Å². The first kappa shape index (κ1) is 41.0. The molecule has 0 aliphatic heterocycles. The van der Waals surface area contributed by atoms with E-state index in [1.165, 1.54) is 67.3 Å². The molecular formula is C57H48N4OS. The number of allylic oxidation sites excluding steroid dienone is 9. The number of rotatable bonds is 11. The SMILES string of the molecule is C#C.CCCCC1=CC=C(n2c3ccccc3c3c2c2c4ccccc4n(-c4ccc(C)cc4)c2c2c4ccccc4n(-c4ccc(S(=O)C/C=C\C=C/CC#N)cc4)c32)C=CC1. The fourth-order valence-electron chi connectivity index (χ4n) is 9.31. The van der Waals surface area contributed by atoms with Gasteiger partial charge in [-0.2, -0.15) is 5.26 Å². The van der Waals surface area contributed by atoms with Crippen molar-refractivity contribution in [1.29, 1.82) is 5.26 Å². The van der Waals surface area contributed by atoms with Crippen LogP contribution in [0.15, 0.2) is 180 Å². The lowest BCUT2D eigenvalue weighted by Gasteiger charge is -2.14. The summed E-state index contributed by atoms with van der Waals surface area (Å²) >= 11 is 0. The molecule has 1 atom stereocenters. The van der Waals surface area contributed by atoms with E-state index in [-0.39, 0.29) is 0 Å². The molecule has 3 aromatic heterocycles. The Morgan fingerprint density at radius 1 is 0.667 bits per heavy atom. The lowest BCUT2D eigenvalue weighted by atomic mass is 10.0. The lowest BCUT2D eigenvalue weighted by molar-refractivity contribution is 0.685. The largest absolute Gasteiger partial charge is 0.308 e. The van der Waals surface area contributed by atoms with E-state index in [1.54, 1.807) is 6.08 Å². The second kappa shape index (κ2) is 17.9. The quantitative estimate of drug-likeness (QED) is 0.0962. The summed E-state index contributed by atoms with van der Waals surface area (Å²) in [7, 11) is -1.22. The van der Waals surface area contributed by atoms with Crippen LogP contribution in [-0.2, 0) is 10.8 Å². The van der Waals surface area contributed by atoms with Crippen LogP contribution in [0, 0.1) is 31.1 Å². The van der Waals surface area contributed by atoms with Crippen LogP contribution in [0.5, 0.6) is 0 Å². The summed E-state index contributed by atoms with van der Waals surface area (Å²) < 4.78 is 21.0. The molecule has 0 amide bonds.